The van der Waals surface area contributed by atoms with Gasteiger partial charge < -0.3 is 5.32 Å². The van der Waals surface area contributed by atoms with E-state index in [-0.39, 0.29) is 0 Å². The summed E-state index contributed by atoms with van der Waals surface area (Å²) in [6.07, 6.45) is 3.43. The van der Waals surface area contributed by atoms with Crippen molar-refractivity contribution in [3.8, 4) is 0 Å². The summed E-state index contributed by atoms with van der Waals surface area (Å²) < 4.78 is 0. The minimum atomic E-state index is 0.624. The van der Waals surface area contributed by atoms with Crippen LogP contribution in [0.2, 0.25) is 0 Å². The molecule has 0 spiro atoms. The van der Waals surface area contributed by atoms with Gasteiger partial charge in [-0.1, -0.05) is 0 Å². The quantitative estimate of drug-likeness (QED) is 0.732. The molecule has 1 aromatic heterocycles. The molecule has 0 amide bonds. The lowest BCUT2D eigenvalue weighted by Gasteiger charge is -2.21. The minimum Gasteiger partial charge on any atom is -0.316 e. The summed E-state index contributed by atoms with van der Waals surface area (Å²) in [4.78, 5) is 11.3. The van der Waals surface area contributed by atoms with Crippen molar-refractivity contribution in [1.29, 1.82) is 0 Å². The van der Waals surface area contributed by atoms with E-state index < -0.39 is 0 Å². The number of piperidine rings is 1. The van der Waals surface area contributed by atoms with Gasteiger partial charge in [-0.3, -0.25) is 4.79 Å². The van der Waals surface area contributed by atoms with E-state index >= 15 is 0 Å². The van der Waals surface area contributed by atoms with E-state index in [0.717, 1.165) is 24.3 Å². The van der Waals surface area contributed by atoms with Gasteiger partial charge in [-0.2, -0.15) is 0 Å². The monoisotopic (exact) mass is 195 g/mol. The van der Waals surface area contributed by atoms with Crippen LogP contribution in [0.1, 0.15) is 34.0 Å². The Morgan fingerprint density at radius 3 is 3.15 bits per heavy atom. The molecule has 1 aromatic rings. The van der Waals surface area contributed by atoms with Gasteiger partial charge in [0.2, 0.25) is 0 Å². The molecule has 1 saturated heterocycles. The Labute approximate surface area is 82.0 Å². The molecule has 2 rings (SSSR count). The highest BCUT2D eigenvalue weighted by atomic mass is 32.1. The number of rotatable bonds is 2. The SMILES string of the molecule is O=Cc1cc(C2CCCNC2)cs1. The molecule has 0 saturated carbocycles. The van der Waals surface area contributed by atoms with Gasteiger partial charge in [0.15, 0.2) is 6.29 Å². The Balaban J connectivity index is 2.09. The molecule has 1 N–H and O–H groups in total. The molecule has 2 nitrogen and oxygen atoms in total. The van der Waals surface area contributed by atoms with Crippen molar-refractivity contribution in [3.63, 3.8) is 0 Å². The maximum absolute atomic E-state index is 10.5. The highest BCUT2D eigenvalue weighted by molar-refractivity contribution is 7.11. The fourth-order valence-electron chi connectivity index (χ4n) is 1.78. The summed E-state index contributed by atoms with van der Waals surface area (Å²) in [7, 11) is 0. The number of nitrogens with one attached hydrogen (secondary N) is 1. The molecule has 13 heavy (non-hydrogen) atoms. The lowest BCUT2D eigenvalue weighted by Crippen LogP contribution is -2.28. The zero-order valence-corrected chi connectivity index (χ0v) is 8.27. The molecule has 70 valence electrons. The van der Waals surface area contributed by atoms with E-state index in [1.165, 1.54) is 18.4 Å². The van der Waals surface area contributed by atoms with Crippen molar-refractivity contribution in [3.05, 3.63) is 21.9 Å². The van der Waals surface area contributed by atoms with Crippen LogP contribution in [0.3, 0.4) is 0 Å². The lowest BCUT2D eigenvalue weighted by molar-refractivity contribution is 0.112. The first-order valence-corrected chi connectivity index (χ1v) is 5.52. The van der Waals surface area contributed by atoms with Crippen LogP contribution in [0.4, 0.5) is 0 Å². The second-order valence-electron chi connectivity index (χ2n) is 3.44. The van der Waals surface area contributed by atoms with Crippen LogP contribution in [0.25, 0.3) is 0 Å². The first-order chi connectivity index (χ1) is 6.40. The van der Waals surface area contributed by atoms with Crippen LogP contribution < -0.4 is 5.32 Å². The van der Waals surface area contributed by atoms with Gasteiger partial charge in [-0.05, 0) is 42.3 Å². The predicted octanol–water partition coefficient (Wildman–Crippen LogP) is 2.03. The van der Waals surface area contributed by atoms with Crippen LogP contribution in [-0.4, -0.2) is 19.4 Å². The number of aldehydes is 1. The number of carbonyl (C=O) groups is 1. The number of thiophene rings is 1. The molecule has 3 heteroatoms. The van der Waals surface area contributed by atoms with Gasteiger partial charge in [0.25, 0.3) is 0 Å². The normalized spacial score (nSPS) is 22.9. The third-order valence-corrected chi connectivity index (χ3v) is 3.40. The Kier molecular flexibility index (Phi) is 2.76. The third kappa shape index (κ3) is 1.98. The lowest BCUT2D eigenvalue weighted by atomic mass is 9.94. The minimum absolute atomic E-state index is 0.624. The summed E-state index contributed by atoms with van der Waals surface area (Å²) in [6, 6.07) is 2.02. The van der Waals surface area contributed by atoms with Crippen LogP contribution >= 0.6 is 11.3 Å². The van der Waals surface area contributed by atoms with Crippen molar-refractivity contribution in [1.82, 2.24) is 5.32 Å². The smallest absolute Gasteiger partial charge is 0.160 e. The number of carbonyl (C=O) groups excluding carboxylic acids is 1. The van der Waals surface area contributed by atoms with Gasteiger partial charge in [-0.25, -0.2) is 0 Å². The fourth-order valence-corrected chi connectivity index (χ4v) is 2.57. The molecule has 1 atom stereocenters. The molecule has 1 fully saturated rings. The highest BCUT2D eigenvalue weighted by Crippen LogP contribution is 2.26. The zero-order valence-electron chi connectivity index (χ0n) is 7.45. The van der Waals surface area contributed by atoms with Crippen molar-refractivity contribution in [2.45, 2.75) is 18.8 Å². The van der Waals surface area contributed by atoms with E-state index in [9.17, 15) is 4.79 Å². The Morgan fingerprint density at radius 1 is 1.62 bits per heavy atom. The van der Waals surface area contributed by atoms with Crippen LogP contribution in [0.15, 0.2) is 11.4 Å². The molecular formula is C10H13NOS. The standard InChI is InChI=1S/C10H13NOS/c12-6-10-4-9(7-13-10)8-2-1-3-11-5-8/h4,6-8,11H,1-3,5H2. The van der Waals surface area contributed by atoms with Gasteiger partial charge in [0.1, 0.15) is 0 Å². The Hall–Kier alpha value is -0.670. The molecule has 1 aliphatic rings. The second-order valence-corrected chi connectivity index (χ2v) is 4.39. The topological polar surface area (TPSA) is 29.1 Å². The second kappa shape index (κ2) is 4.03. The summed E-state index contributed by atoms with van der Waals surface area (Å²) in [5, 5.41) is 5.49. The molecule has 2 heterocycles. The van der Waals surface area contributed by atoms with E-state index in [4.69, 9.17) is 0 Å². The maximum Gasteiger partial charge on any atom is 0.160 e. The molecule has 0 aliphatic carbocycles. The third-order valence-electron chi connectivity index (χ3n) is 2.52. The van der Waals surface area contributed by atoms with Crippen LogP contribution in [0.5, 0.6) is 0 Å². The largest absolute Gasteiger partial charge is 0.316 e. The predicted molar refractivity (Wildman–Crippen MR) is 54.6 cm³/mol. The summed E-state index contributed by atoms with van der Waals surface area (Å²) in [5.74, 6) is 0.624. The zero-order chi connectivity index (χ0) is 9.10. The Bertz CT molecular complexity index is 289. The average molecular weight is 195 g/mol. The van der Waals surface area contributed by atoms with E-state index in [1.54, 1.807) is 11.3 Å². The van der Waals surface area contributed by atoms with Crippen molar-refractivity contribution >= 4 is 17.6 Å². The summed E-state index contributed by atoms with van der Waals surface area (Å²) >= 11 is 1.55. The van der Waals surface area contributed by atoms with Gasteiger partial charge >= 0.3 is 0 Å². The average Bonchev–Trinajstić information content (AvgIpc) is 2.67. The van der Waals surface area contributed by atoms with Gasteiger partial charge in [-0.15, -0.1) is 11.3 Å². The Morgan fingerprint density at radius 2 is 2.54 bits per heavy atom. The summed E-state index contributed by atoms with van der Waals surface area (Å²) in [6.45, 7) is 2.20. The molecule has 0 radical (unpaired) electrons. The van der Waals surface area contributed by atoms with Gasteiger partial charge in [0, 0.05) is 6.54 Å². The van der Waals surface area contributed by atoms with Crippen LogP contribution in [-0.2, 0) is 0 Å². The highest BCUT2D eigenvalue weighted by Gasteiger charge is 2.15. The van der Waals surface area contributed by atoms with Crippen molar-refractivity contribution < 1.29 is 4.79 Å². The van der Waals surface area contributed by atoms with Crippen molar-refractivity contribution in [2.24, 2.45) is 0 Å². The maximum atomic E-state index is 10.5. The summed E-state index contributed by atoms with van der Waals surface area (Å²) in [5.41, 5.74) is 1.33. The number of hydrogen-bond donors (Lipinski definition) is 1. The number of hydrogen-bond acceptors (Lipinski definition) is 3. The molecule has 1 unspecified atom stereocenters. The molecular weight excluding hydrogens is 182 g/mol. The molecule has 0 bridgehead atoms. The fraction of sp³-hybridized carbons (Fsp3) is 0.500. The van der Waals surface area contributed by atoms with E-state index in [2.05, 4.69) is 10.7 Å². The molecule has 1 aliphatic heterocycles. The van der Waals surface area contributed by atoms with Crippen LogP contribution in [0, 0.1) is 0 Å². The first-order valence-electron chi connectivity index (χ1n) is 4.64. The van der Waals surface area contributed by atoms with Crippen molar-refractivity contribution in [2.75, 3.05) is 13.1 Å². The van der Waals surface area contributed by atoms with Gasteiger partial charge in [0.05, 0.1) is 4.88 Å². The van der Waals surface area contributed by atoms with E-state index in [1.807, 2.05) is 6.07 Å². The first kappa shape index (κ1) is 8.91. The van der Waals surface area contributed by atoms with E-state index in [0.29, 0.717) is 5.92 Å². The molecule has 0 aromatic carbocycles.